The van der Waals surface area contributed by atoms with Gasteiger partial charge in [0.2, 0.25) is 18.0 Å². The normalized spacial score (nSPS) is 17.7. The van der Waals surface area contributed by atoms with Crippen LogP contribution < -0.4 is 0 Å². The average molecular weight is 250 g/mol. The maximum absolute atomic E-state index is 11.7. The molecule has 0 aliphatic carbocycles. The topological polar surface area (TPSA) is 59.5 Å². The van der Waals surface area contributed by atoms with Crippen LogP contribution in [0.3, 0.4) is 0 Å². The summed E-state index contributed by atoms with van der Waals surface area (Å²) in [6, 6.07) is 0. The lowest BCUT2D eigenvalue weighted by molar-refractivity contribution is -0.426. The summed E-state index contributed by atoms with van der Waals surface area (Å²) in [6.07, 6.45) is 4.71. The number of nitrogens with zero attached hydrogens (tertiary/aromatic N) is 1. The number of carbonyl (C=O) groups excluding carboxylic acids is 2. The van der Waals surface area contributed by atoms with Crippen LogP contribution in [0.5, 0.6) is 0 Å². The molecule has 1 aromatic rings. The van der Waals surface area contributed by atoms with Crippen LogP contribution in [0.2, 0.25) is 0 Å². The zero-order chi connectivity index (χ0) is 13.3. The van der Waals surface area contributed by atoms with E-state index in [1.807, 2.05) is 0 Å². The largest absolute Gasteiger partial charge is 0.465 e. The van der Waals surface area contributed by atoms with Gasteiger partial charge in [0.05, 0.1) is 5.56 Å². The third-order valence-corrected chi connectivity index (χ3v) is 2.43. The maximum atomic E-state index is 11.7. The molecule has 5 heteroatoms. The highest BCUT2D eigenvalue weighted by molar-refractivity contribution is 6.21. The van der Waals surface area contributed by atoms with E-state index in [1.54, 1.807) is 25.3 Å². The Labute approximate surface area is 105 Å². The van der Waals surface area contributed by atoms with Crippen LogP contribution in [-0.2, 0) is 20.7 Å². The second-order valence-corrected chi connectivity index (χ2v) is 5.29. The number of hydrogen-bond acceptors (Lipinski definition) is 4. The third-order valence-electron chi connectivity index (χ3n) is 2.43. The molecule has 0 atom stereocenters. The van der Waals surface area contributed by atoms with Crippen molar-refractivity contribution in [3.05, 3.63) is 18.1 Å². The van der Waals surface area contributed by atoms with E-state index >= 15 is 0 Å². The maximum Gasteiger partial charge on any atom is 0.396 e. The van der Waals surface area contributed by atoms with E-state index in [0.29, 0.717) is 6.42 Å². The van der Waals surface area contributed by atoms with Crippen LogP contribution in [0.4, 0.5) is 5.69 Å². The summed E-state index contributed by atoms with van der Waals surface area (Å²) >= 11 is 0. The van der Waals surface area contributed by atoms with Gasteiger partial charge in [0, 0.05) is 6.42 Å². The summed E-state index contributed by atoms with van der Waals surface area (Å²) in [4.78, 5) is 23.2. The molecule has 0 N–H and O–H groups in total. The predicted molar refractivity (Wildman–Crippen MR) is 64.1 cm³/mol. The van der Waals surface area contributed by atoms with Gasteiger partial charge in [-0.3, -0.25) is 4.79 Å². The molecule has 0 unspecified atom stereocenters. The highest BCUT2D eigenvalue weighted by Crippen LogP contribution is 2.24. The Bertz CT molecular complexity index is 519. The van der Waals surface area contributed by atoms with E-state index < -0.39 is 11.6 Å². The van der Waals surface area contributed by atoms with Gasteiger partial charge in [-0.05, 0) is 20.8 Å². The Morgan fingerprint density at radius 3 is 2.83 bits per heavy atom. The number of ketones is 1. The monoisotopic (exact) mass is 250 g/mol. The molecule has 0 amide bonds. The van der Waals surface area contributed by atoms with Crippen molar-refractivity contribution < 1.29 is 23.3 Å². The standard InChI is InChI=1S/C13H16NO4/c1-13(2,3)18-12(16)6-14-5-10(15)4-9-7-17-8-11(9)14/h6-8H,4-5H2,1-3H3/q+1/b14-6-. The van der Waals surface area contributed by atoms with Gasteiger partial charge in [0.1, 0.15) is 11.9 Å². The highest BCUT2D eigenvalue weighted by Gasteiger charge is 2.30. The summed E-state index contributed by atoms with van der Waals surface area (Å²) in [6.45, 7) is 5.56. The predicted octanol–water partition coefficient (Wildman–Crippen LogP) is 1.46. The molecule has 18 heavy (non-hydrogen) atoms. The molecule has 1 aliphatic heterocycles. The van der Waals surface area contributed by atoms with Crippen LogP contribution in [-0.4, -0.2) is 34.7 Å². The number of carbonyl (C=O) groups is 2. The first-order chi connectivity index (χ1) is 8.35. The van der Waals surface area contributed by atoms with Crippen molar-refractivity contribution in [3.8, 4) is 0 Å². The molecule has 0 fully saturated rings. The van der Waals surface area contributed by atoms with Gasteiger partial charge >= 0.3 is 5.97 Å². The third kappa shape index (κ3) is 2.85. The Kier molecular flexibility index (Phi) is 3.07. The van der Waals surface area contributed by atoms with Crippen molar-refractivity contribution in [3.63, 3.8) is 0 Å². The number of fused-ring (bicyclic) bond motifs is 1. The molecule has 1 aromatic heterocycles. The lowest BCUT2D eigenvalue weighted by Crippen LogP contribution is -2.30. The van der Waals surface area contributed by atoms with Gasteiger partial charge in [-0.15, -0.1) is 0 Å². The number of furan rings is 1. The SMILES string of the molecule is CC(C)(C)OC(=O)/C=[N+]1/CC(=O)Cc2cocc21. The Balaban J connectivity index is 2.24. The van der Waals surface area contributed by atoms with E-state index in [0.717, 1.165) is 11.3 Å². The Morgan fingerprint density at radius 2 is 2.17 bits per heavy atom. The van der Waals surface area contributed by atoms with Crippen molar-refractivity contribution >= 4 is 23.7 Å². The smallest absolute Gasteiger partial charge is 0.396 e. The van der Waals surface area contributed by atoms with Crippen LogP contribution in [0, 0.1) is 0 Å². The number of Topliss-reactive ketones (excluding diaryl/α,β-unsaturated/α-hetero) is 1. The lowest BCUT2D eigenvalue weighted by Gasteiger charge is -2.17. The Hall–Kier alpha value is -1.91. The summed E-state index contributed by atoms with van der Waals surface area (Å²) in [5.74, 6) is -0.423. The Morgan fingerprint density at radius 1 is 1.44 bits per heavy atom. The fraction of sp³-hybridized carbons (Fsp3) is 0.462. The zero-order valence-electron chi connectivity index (χ0n) is 10.7. The summed E-state index contributed by atoms with van der Waals surface area (Å²) < 4.78 is 11.8. The van der Waals surface area contributed by atoms with Crippen LogP contribution in [0.1, 0.15) is 26.3 Å². The first kappa shape index (κ1) is 12.5. The second kappa shape index (κ2) is 4.40. The molecule has 0 bridgehead atoms. The molecule has 96 valence electrons. The second-order valence-electron chi connectivity index (χ2n) is 5.29. The summed E-state index contributed by atoms with van der Waals surface area (Å²) in [7, 11) is 0. The van der Waals surface area contributed by atoms with E-state index in [2.05, 4.69) is 0 Å². The first-order valence-electron chi connectivity index (χ1n) is 5.76. The molecule has 0 saturated heterocycles. The van der Waals surface area contributed by atoms with Crippen molar-refractivity contribution in [2.24, 2.45) is 0 Å². The van der Waals surface area contributed by atoms with Crippen LogP contribution >= 0.6 is 0 Å². The molecule has 0 spiro atoms. The number of hydrogen-bond donors (Lipinski definition) is 0. The molecule has 0 radical (unpaired) electrons. The average Bonchev–Trinajstić information content (AvgIpc) is 2.61. The molecule has 2 rings (SSSR count). The number of ether oxygens (including phenoxy) is 1. The van der Waals surface area contributed by atoms with Crippen molar-refractivity contribution in [1.29, 1.82) is 0 Å². The van der Waals surface area contributed by atoms with E-state index in [-0.39, 0.29) is 12.3 Å². The van der Waals surface area contributed by atoms with Crippen molar-refractivity contribution in [1.82, 2.24) is 0 Å². The molecule has 0 saturated carbocycles. The summed E-state index contributed by atoms with van der Waals surface area (Å²) in [5, 5.41) is 0. The fourth-order valence-corrected chi connectivity index (χ4v) is 1.82. The number of esters is 1. The minimum absolute atomic E-state index is 0.0451. The number of rotatable bonds is 1. The lowest BCUT2D eigenvalue weighted by atomic mass is 10.1. The molecular formula is C13H16NO4+. The van der Waals surface area contributed by atoms with Gasteiger partial charge in [-0.2, -0.15) is 4.58 Å². The van der Waals surface area contributed by atoms with Gasteiger partial charge in [0.25, 0.3) is 6.21 Å². The van der Waals surface area contributed by atoms with Crippen molar-refractivity contribution in [2.45, 2.75) is 32.8 Å². The summed E-state index contributed by atoms with van der Waals surface area (Å²) in [5.41, 5.74) is 0.999. The van der Waals surface area contributed by atoms with E-state index in [1.165, 1.54) is 18.7 Å². The highest BCUT2D eigenvalue weighted by atomic mass is 16.6. The molecule has 2 heterocycles. The van der Waals surface area contributed by atoms with Gasteiger partial charge in [-0.25, -0.2) is 4.79 Å². The van der Waals surface area contributed by atoms with Crippen LogP contribution in [0.25, 0.3) is 0 Å². The quantitative estimate of drug-likeness (QED) is 0.559. The van der Waals surface area contributed by atoms with Gasteiger partial charge in [0.15, 0.2) is 6.26 Å². The first-order valence-corrected chi connectivity index (χ1v) is 5.76. The molecular weight excluding hydrogens is 234 g/mol. The minimum Gasteiger partial charge on any atom is -0.465 e. The van der Waals surface area contributed by atoms with E-state index in [9.17, 15) is 9.59 Å². The van der Waals surface area contributed by atoms with E-state index in [4.69, 9.17) is 9.15 Å². The molecule has 1 aliphatic rings. The van der Waals surface area contributed by atoms with Gasteiger partial charge < -0.3 is 9.15 Å². The minimum atomic E-state index is -0.549. The zero-order valence-corrected chi connectivity index (χ0v) is 10.7. The van der Waals surface area contributed by atoms with Crippen molar-refractivity contribution in [2.75, 3.05) is 6.54 Å². The van der Waals surface area contributed by atoms with Gasteiger partial charge in [-0.1, -0.05) is 0 Å². The van der Waals surface area contributed by atoms with Crippen LogP contribution in [0.15, 0.2) is 16.9 Å². The fourth-order valence-electron chi connectivity index (χ4n) is 1.82. The molecule has 5 nitrogen and oxygen atoms in total. The molecule has 0 aromatic carbocycles.